The van der Waals surface area contributed by atoms with Gasteiger partial charge >= 0.3 is 0 Å². The summed E-state index contributed by atoms with van der Waals surface area (Å²) in [7, 11) is 0. The van der Waals surface area contributed by atoms with Crippen LogP contribution in [0.4, 0.5) is 11.4 Å². The van der Waals surface area contributed by atoms with Crippen LogP contribution in [-0.4, -0.2) is 24.4 Å². The number of carbonyl (C=O) groups is 2. The second-order valence-electron chi connectivity index (χ2n) is 4.97. The van der Waals surface area contributed by atoms with Crippen LogP contribution in [0.15, 0.2) is 24.3 Å². The third-order valence-corrected chi connectivity index (χ3v) is 3.36. The zero-order valence-corrected chi connectivity index (χ0v) is 11.7. The molecule has 0 bridgehead atoms. The van der Waals surface area contributed by atoms with Crippen LogP contribution < -0.4 is 16.0 Å². The molecule has 0 aromatic heterocycles. The fraction of sp³-hybridized carbons (Fsp3) is 0.467. The van der Waals surface area contributed by atoms with E-state index >= 15 is 0 Å². The molecule has 0 saturated carbocycles. The highest BCUT2D eigenvalue weighted by Crippen LogP contribution is 2.16. The van der Waals surface area contributed by atoms with Crippen LogP contribution in [-0.2, 0) is 9.59 Å². The molecule has 1 aliphatic rings. The molecular weight excluding hydrogens is 254 g/mol. The lowest BCUT2D eigenvalue weighted by Crippen LogP contribution is -2.43. The number of amides is 2. The van der Waals surface area contributed by atoms with Gasteiger partial charge in [-0.2, -0.15) is 0 Å². The standard InChI is InChI=1S/C15H21N3O2/c1-2-14(19)17-11-6-5-7-12(10-11)18-15(20)13-8-3-4-9-16-13/h5-7,10,13,16H,2-4,8-9H2,1H3,(H,17,19)(H,18,20). The van der Waals surface area contributed by atoms with E-state index in [9.17, 15) is 9.59 Å². The van der Waals surface area contributed by atoms with Gasteiger partial charge in [0, 0.05) is 17.8 Å². The zero-order chi connectivity index (χ0) is 14.4. The second kappa shape index (κ2) is 7.05. The topological polar surface area (TPSA) is 70.2 Å². The van der Waals surface area contributed by atoms with Gasteiger partial charge in [0.2, 0.25) is 11.8 Å². The highest BCUT2D eigenvalue weighted by molar-refractivity contribution is 5.96. The van der Waals surface area contributed by atoms with Gasteiger partial charge in [-0.1, -0.05) is 19.4 Å². The van der Waals surface area contributed by atoms with Gasteiger partial charge in [-0.25, -0.2) is 0 Å². The fourth-order valence-electron chi connectivity index (χ4n) is 2.23. The van der Waals surface area contributed by atoms with Crippen LogP contribution in [0.25, 0.3) is 0 Å². The first-order valence-electron chi connectivity index (χ1n) is 7.13. The van der Waals surface area contributed by atoms with Crippen LogP contribution in [0.3, 0.4) is 0 Å². The van der Waals surface area contributed by atoms with Crippen LogP contribution >= 0.6 is 0 Å². The summed E-state index contributed by atoms with van der Waals surface area (Å²) in [5.41, 5.74) is 1.41. The summed E-state index contributed by atoms with van der Waals surface area (Å²) in [4.78, 5) is 23.4. The Morgan fingerprint density at radius 2 is 2.00 bits per heavy atom. The minimum atomic E-state index is -0.113. The maximum atomic E-state index is 12.1. The number of carbonyl (C=O) groups excluding carboxylic acids is 2. The van der Waals surface area contributed by atoms with E-state index in [0.29, 0.717) is 17.8 Å². The van der Waals surface area contributed by atoms with E-state index in [-0.39, 0.29) is 17.9 Å². The highest BCUT2D eigenvalue weighted by Gasteiger charge is 2.20. The van der Waals surface area contributed by atoms with E-state index in [1.165, 1.54) is 0 Å². The molecule has 0 radical (unpaired) electrons. The summed E-state index contributed by atoms with van der Waals surface area (Å²) in [6.07, 6.45) is 3.51. The monoisotopic (exact) mass is 275 g/mol. The van der Waals surface area contributed by atoms with Crippen molar-refractivity contribution in [1.82, 2.24) is 5.32 Å². The zero-order valence-electron chi connectivity index (χ0n) is 11.7. The maximum absolute atomic E-state index is 12.1. The van der Waals surface area contributed by atoms with E-state index in [2.05, 4.69) is 16.0 Å². The maximum Gasteiger partial charge on any atom is 0.241 e. The Bertz CT molecular complexity index is 482. The molecule has 1 saturated heterocycles. The van der Waals surface area contributed by atoms with Crippen molar-refractivity contribution in [2.75, 3.05) is 17.2 Å². The van der Waals surface area contributed by atoms with E-state index in [1.807, 2.05) is 18.2 Å². The molecular formula is C15H21N3O2. The fourth-order valence-corrected chi connectivity index (χ4v) is 2.23. The average Bonchev–Trinajstić information content (AvgIpc) is 2.48. The lowest BCUT2D eigenvalue weighted by Gasteiger charge is -2.22. The Labute approximate surface area is 119 Å². The first-order chi connectivity index (χ1) is 9.69. The first kappa shape index (κ1) is 14.5. The minimum absolute atomic E-state index is 0.0105. The summed E-state index contributed by atoms with van der Waals surface area (Å²) in [5, 5.41) is 8.88. The van der Waals surface area contributed by atoms with Crippen molar-refractivity contribution < 1.29 is 9.59 Å². The molecule has 5 nitrogen and oxygen atoms in total. The summed E-state index contributed by atoms with van der Waals surface area (Å²) < 4.78 is 0. The molecule has 1 unspecified atom stereocenters. The second-order valence-corrected chi connectivity index (χ2v) is 4.97. The molecule has 108 valence electrons. The van der Waals surface area contributed by atoms with Crippen molar-refractivity contribution in [1.29, 1.82) is 0 Å². The van der Waals surface area contributed by atoms with Crippen molar-refractivity contribution in [3.63, 3.8) is 0 Å². The molecule has 2 amide bonds. The Balaban J connectivity index is 1.96. The Morgan fingerprint density at radius 1 is 1.25 bits per heavy atom. The Hall–Kier alpha value is -1.88. The molecule has 20 heavy (non-hydrogen) atoms. The molecule has 1 fully saturated rings. The van der Waals surface area contributed by atoms with Crippen LogP contribution in [0.2, 0.25) is 0 Å². The quantitative estimate of drug-likeness (QED) is 0.788. The normalized spacial score (nSPS) is 18.4. The predicted molar refractivity (Wildman–Crippen MR) is 79.6 cm³/mol. The number of rotatable bonds is 4. The number of hydrogen-bond donors (Lipinski definition) is 3. The van der Waals surface area contributed by atoms with Gasteiger partial charge < -0.3 is 16.0 Å². The van der Waals surface area contributed by atoms with Crippen LogP contribution in [0.1, 0.15) is 32.6 Å². The summed E-state index contributed by atoms with van der Waals surface area (Å²) in [6, 6.07) is 7.10. The first-order valence-corrected chi connectivity index (χ1v) is 7.13. The molecule has 1 aromatic carbocycles. The van der Waals surface area contributed by atoms with Gasteiger partial charge in [-0.3, -0.25) is 9.59 Å². The molecule has 1 aliphatic heterocycles. The largest absolute Gasteiger partial charge is 0.326 e. The number of nitrogens with one attached hydrogen (secondary N) is 3. The Kier molecular flexibility index (Phi) is 5.12. The number of hydrogen-bond acceptors (Lipinski definition) is 3. The number of anilines is 2. The van der Waals surface area contributed by atoms with Crippen LogP contribution in [0, 0.1) is 0 Å². The molecule has 1 atom stereocenters. The molecule has 1 heterocycles. The van der Waals surface area contributed by atoms with Gasteiger partial charge in [-0.05, 0) is 37.6 Å². The SMILES string of the molecule is CCC(=O)Nc1cccc(NC(=O)C2CCCCN2)c1. The van der Waals surface area contributed by atoms with Crippen molar-refractivity contribution in [2.24, 2.45) is 0 Å². The summed E-state index contributed by atoms with van der Waals surface area (Å²) in [6.45, 7) is 2.69. The highest BCUT2D eigenvalue weighted by atomic mass is 16.2. The lowest BCUT2D eigenvalue weighted by atomic mass is 10.0. The third-order valence-electron chi connectivity index (χ3n) is 3.36. The van der Waals surface area contributed by atoms with E-state index in [0.717, 1.165) is 25.8 Å². The van der Waals surface area contributed by atoms with E-state index in [4.69, 9.17) is 0 Å². The molecule has 0 spiro atoms. The van der Waals surface area contributed by atoms with E-state index < -0.39 is 0 Å². The summed E-state index contributed by atoms with van der Waals surface area (Å²) >= 11 is 0. The molecule has 3 N–H and O–H groups in total. The lowest BCUT2D eigenvalue weighted by molar-refractivity contribution is -0.118. The molecule has 0 aliphatic carbocycles. The van der Waals surface area contributed by atoms with Crippen molar-refractivity contribution >= 4 is 23.2 Å². The average molecular weight is 275 g/mol. The number of piperidine rings is 1. The van der Waals surface area contributed by atoms with Crippen molar-refractivity contribution in [3.8, 4) is 0 Å². The third kappa shape index (κ3) is 4.06. The van der Waals surface area contributed by atoms with Gasteiger partial charge in [0.15, 0.2) is 0 Å². The van der Waals surface area contributed by atoms with Gasteiger partial charge in [0.25, 0.3) is 0 Å². The van der Waals surface area contributed by atoms with E-state index in [1.54, 1.807) is 13.0 Å². The van der Waals surface area contributed by atoms with Crippen LogP contribution in [0.5, 0.6) is 0 Å². The van der Waals surface area contributed by atoms with Crippen molar-refractivity contribution in [3.05, 3.63) is 24.3 Å². The van der Waals surface area contributed by atoms with Gasteiger partial charge in [0.1, 0.15) is 0 Å². The molecule has 1 aromatic rings. The summed E-state index contributed by atoms with van der Waals surface area (Å²) in [5.74, 6) is -0.0499. The smallest absolute Gasteiger partial charge is 0.241 e. The Morgan fingerprint density at radius 3 is 2.65 bits per heavy atom. The van der Waals surface area contributed by atoms with Crippen molar-refractivity contribution in [2.45, 2.75) is 38.6 Å². The number of benzene rings is 1. The molecule has 5 heteroatoms. The minimum Gasteiger partial charge on any atom is -0.326 e. The molecule has 2 rings (SSSR count). The van der Waals surface area contributed by atoms with Gasteiger partial charge in [-0.15, -0.1) is 0 Å². The predicted octanol–water partition coefficient (Wildman–Crippen LogP) is 2.12. The van der Waals surface area contributed by atoms with Gasteiger partial charge in [0.05, 0.1) is 6.04 Å².